The van der Waals surface area contributed by atoms with E-state index in [1.165, 1.54) is 0 Å². The molecule has 58 valence electrons. The Morgan fingerprint density at radius 2 is 2.30 bits per heavy atom. The molecule has 5 nitrogen and oxygen atoms in total. The van der Waals surface area contributed by atoms with Crippen molar-refractivity contribution < 1.29 is 15.0 Å². The second-order valence-corrected chi connectivity index (χ2v) is 2.34. The highest BCUT2D eigenvalue weighted by Crippen LogP contribution is 2.15. The minimum Gasteiger partial charge on any atom is -0.784 e. The van der Waals surface area contributed by atoms with Gasteiger partial charge in [0.1, 0.15) is 0 Å². The van der Waals surface area contributed by atoms with Gasteiger partial charge in [0, 0.05) is 6.54 Å². The summed E-state index contributed by atoms with van der Waals surface area (Å²) < 4.78 is 0. The molecule has 1 fully saturated rings. The largest absolute Gasteiger partial charge is 0.784 e. The van der Waals surface area contributed by atoms with E-state index in [9.17, 15) is 10.0 Å². The summed E-state index contributed by atoms with van der Waals surface area (Å²) in [6, 6.07) is -1.05. The van der Waals surface area contributed by atoms with Crippen LogP contribution in [-0.2, 0) is 4.79 Å². The molecular formula is C5H8NO4-. The van der Waals surface area contributed by atoms with Crippen molar-refractivity contribution in [3.05, 3.63) is 5.21 Å². The summed E-state index contributed by atoms with van der Waals surface area (Å²) in [6.07, 6.45) is -0.739. The zero-order valence-corrected chi connectivity index (χ0v) is 5.23. The van der Waals surface area contributed by atoms with Gasteiger partial charge in [0.15, 0.2) is 0 Å². The SMILES string of the molecule is O=C(O)[C@@H]1CC(O)CN1[O-]. The monoisotopic (exact) mass is 146 g/mol. The van der Waals surface area contributed by atoms with E-state index in [1.54, 1.807) is 0 Å². The van der Waals surface area contributed by atoms with Gasteiger partial charge in [-0.15, -0.1) is 0 Å². The first-order valence-electron chi connectivity index (χ1n) is 2.96. The van der Waals surface area contributed by atoms with Crippen molar-refractivity contribution in [1.82, 2.24) is 5.06 Å². The highest BCUT2D eigenvalue weighted by atomic mass is 16.5. The number of hydrogen-bond acceptors (Lipinski definition) is 4. The summed E-state index contributed by atoms with van der Waals surface area (Å²) >= 11 is 0. The molecule has 10 heavy (non-hydrogen) atoms. The van der Waals surface area contributed by atoms with E-state index in [4.69, 9.17) is 10.2 Å². The normalized spacial score (nSPS) is 34.6. The first kappa shape index (κ1) is 7.46. The van der Waals surface area contributed by atoms with Gasteiger partial charge in [-0.2, -0.15) is 0 Å². The number of β-amino-alcohol motifs (C(OH)–C–C–N with tert-alkyl or cyclic N) is 1. The Balaban J connectivity index is 2.54. The van der Waals surface area contributed by atoms with Gasteiger partial charge in [0.2, 0.25) is 0 Å². The van der Waals surface area contributed by atoms with E-state index < -0.39 is 18.1 Å². The number of nitrogens with zero attached hydrogens (tertiary/aromatic N) is 1. The molecule has 0 bridgehead atoms. The van der Waals surface area contributed by atoms with Crippen LogP contribution in [0.15, 0.2) is 0 Å². The van der Waals surface area contributed by atoms with Crippen molar-refractivity contribution in [2.45, 2.75) is 18.6 Å². The molecule has 0 aromatic heterocycles. The number of aliphatic carboxylic acids is 1. The van der Waals surface area contributed by atoms with Gasteiger partial charge in [-0.05, 0) is 6.42 Å². The molecule has 0 radical (unpaired) electrons. The van der Waals surface area contributed by atoms with Gasteiger partial charge in [-0.3, -0.25) is 4.79 Å². The van der Waals surface area contributed by atoms with Crippen molar-refractivity contribution in [2.24, 2.45) is 0 Å². The van der Waals surface area contributed by atoms with Crippen LogP contribution >= 0.6 is 0 Å². The maximum absolute atomic E-state index is 10.6. The number of aliphatic hydroxyl groups is 1. The molecule has 0 amide bonds. The summed E-state index contributed by atoms with van der Waals surface area (Å²) in [6.45, 7) is -0.0863. The predicted octanol–water partition coefficient (Wildman–Crippen LogP) is -0.996. The summed E-state index contributed by atoms with van der Waals surface area (Å²) in [5.74, 6) is -1.16. The van der Waals surface area contributed by atoms with Crippen LogP contribution in [0.2, 0.25) is 0 Å². The Bertz CT molecular complexity index is 149. The van der Waals surface area contributed by atoms with Crippen molar-refractivity contribution in [1.29, 1.82) is 0 Å². The van der Waals surface area contributed by atoms with E-state index >= 15 is 0 Å². The molecule has 1 saturated heterocycles. The minimum atomic E-state index is -1.16. The molecule has 0 saturated carbocycles. The molecule has 2 atom stereocenters. The molecule has 0 aliphatic carbocycles. The molecule has 1 heterocycles. The molecule has 1 unspecified atom stereocenters. The first-order valence-corrected chi connectivity index (χ1v) is 2.96. The van der Waals surface area contributed by atoms with Crippen molar-refractivity contribution in [3.8, 4) is 0 Å². The number of rotatable bonds is 1. The number of hydroxylamine groups is 2. The Morgan fingerprint density at radius 1 is 1.70 bits per heavy atom. The summed E-state index contributed by atoms with van der Waals surface area (Å²) in [5.41, 5.74) is 0. The van der Waals surface area contributed by atoms with E-state index in [0.29, 0.717) is 5.06 Å². The van der Waals surface area contributed by atoms with Crippen molar-refractivity contribution in [3.63, 3.8) is 0 Å². The van der Waals surface area contributed by atoms with E-state index in [0.717, 1.165) is 0 Å². The molecule has 0 aromatic rings. The van der Waals surface area contributed by atoms with Gasteiger partial charge in [0.05, 0.1) is 12.1 Å². The third-order valence-corrected chi connectivity index (χ3v) is 1.52. The molecule has 2 N–H and O–H groups in total. The van der Waals surface area contributed by atoms with E-state index in [-0.39, 0.29) is 13.0 Å². The van der Waals surface area contributed by atoms with Crippen molar-refractivity contribution in [2.75, 3.05) is 6.54 Å². The molecule has 5 heteroatoms. The lowest BCUT2D eigenvalue weighted by Gasteiger charge is -2.25. The van der Waals surface area contributed by atoms with Gasteiger partial charge in [-0.1, -0.05) is 0 Å². The Labute approximate surface area is 57.5 Å². The van der Waals surface area contributed by atoms with Gasteiger partial charge in [0.25, 0.3) is 0 Å². The predicted molar refractivity (Wildman–Crippen MR) is 32.1 cm³/mol. The average Bonchev–Trinajstić information content (AvgIpc) is 2.10. The van der Waals surface area contributed by atoms with Crippen LogP contribution in [0, 0.1) is 5.21 Å². The number of carboxylic acids is 1. The smallest absolute Gasteiger partial charge is 0.320 e. The Kier molecular flexibility index (Phi) is 1.89. The maximum atomic E-state index is 10.6. The average molecular weight is 146 g/mol. The van der Waals surface area contributed by atoms with Crippen LogP contribution in [0.4, 0.5) is 0 Å². The van der Waals surface area contributed by atoms with E-state index in [2.05, 4.69) is 0 Å². The number of carboxylic acid groups (broad SMARTS) is 1. The lowest BCUT2D eigenvalue weighted by molar-refractivity contribution is -0.141. The second kappa shape index (κ2) is 2.53. The van der Waals surface area contributed by atoms with E-state index in [1.807, 2.05) is 0 Å². The molecule has 0 spiro atoms. The second-order valence-electron chi connectivity index (χ2n) is 2.34. The highest BCUT2D eigenvalue weighted by Gasteiger charge is 2.29. The molecule has 1 aliphatic heterocycles. The lowest BCUT2D eigenvalue weighted by Crippen LogP contribution is -2.31. The number of aliphatic hydroxyl groups excluding tert-OH is 1. The molecule has 0 aromatic carbocycles. The lowest BCUT2D eigenvalue weighted by atomic mass is 10.2. The van der Waals surface area contributed by atoms with Crippen molar-refractivity contribution >= 4 is 5.97 Å². The van der Waals surface area contributed by atoms with Crippen LogP contribution < -0.4 is 0 Å². The summed E-state index contributed by atoms with van der Waals surface area (Å²) in [4.78, 5) is 10.2. The summed E-state index contributed by atoms with van der Waals surface area (Å²) in [7, 11) is 0. The van der Waals surface area contributed by atoms with Crippen LogP contribution in [0.25, 0.3) is 0 Å². The van der Waals surface area contributed by atoms with Gasteiger partial charge < -0.3 is 20.5 Å². The minimum absolute atomic E-state index is 0.0405. The fraction of sp³-hybridized carbons (Fsp3) is 0.800. The molecule has 1 rings (SSSR count). The Morgan fingerprint density at radius 3 is 2.50 bits per heavy atom. The zero-order chi connectivity index (χ0) is 7.72. The van der Waals surface area contributed by atoms with Gasteiger partial charge in [-0.25, -0.2) is 0 Å². The quantitative estimate of drug-likeness (QED) is 0.496. The third-order valence-electron chi connectivity index (χ3n) is 1.52. The van der Waals surface area contributed by atoms with Crippen LogP contribution in [0.3, 0.4) is 0 Å². The van der Waals surface area contributed by atoms with Crippen LogP contribution in [0.1, 0.15) is 6.42 Å². The fourth-order valence-electron chi connectivity index (χ4n) is 1.01. The van der Waals surface area contributed by atoms with Crippen LogP contribution in [0.5, 0.6) is 0 Å². The topological polar surface area (TPSA) is 83.8 Å². The van der Waals surface area contributed by atoms with Crippen LogP contribution in [-0.4, -0.2) is 39.9 Å². The fourth-order valence-corrected chi connectivity index (χ4v) is 1.01. The highest BCUT2D eigenvalue weighted by molar-refractivity contribution is 5.74. The zero-order valence-electron chi connectivity index (χ0n) is 5.23. The molecule has 1 aliphatic rings. The number of carbonyl (C=O) groups is 1. The summed E-state index contributed by atoms with van der Waals surface area (Å²) in [5, 5.41) is 28.2. The number of hydrogen-bond donors (Lipinski definition) is 2. The standard InChI is InChI=1S/C5H8NO4/c7-3-1-4(5(8)9)6(10)2-3/h3-4,7H,1-2H2,(H,8,9)/q-1/t3?,4-/m0/s1. The third kappa shape index (κ3) is 1.26. The maximum Gasteiger partial charge on any atom is 0.320 e. The molecular weight excluding hydrogens is 138 g/mol. The first-order chi connectivity index (χ1) is 4.61. The van der Waals surface area contributed by atoms with Gasteiger partial charge >= 0.3 is 5.97 Å². The Hall–Kier alpha value is -0.650.